The van der Waals surface area contributed by atoms with Gasteiger partial charge in [-0.25, -0.2) is 25.4 Å². The maximum absolute atomic E-state index is 9.82. The lowest BCUT2D eigenvalue weighted by molar-refractivity contribution is -0.128. The highest BCUT2D eigenvalue weighted by Gasteiger charge is 2.20. The van der Waals surface area contributed by atoms with Crippen molar-refractivity contribution in [2.45, 2.75) is 154 Å². The van der Waals surface area contributed by atoms with E-state index in [-0.39, 0.29) is 5.91 Å². The molecule has 1 saturated carbocycles. The molecule has 260 valence electrons. The second kappa shape index (κ2) is 34.0. The minimum absolute atomic E-state index is 0.330. The lowest BCUT2D eigenvalue weighted by Gasteiger charge is -2.29. The number of aryl methyl sites for hydroxylation is 2. The molecule has 2 aromatic heterocycles. The van der Waals surface area contributed by atoms with E-state index >= 15 is 0 Å². The monoisotopic (exact) mass is 631 g/mol. The zero-order valence-electron chi connectivity index (χ0n) is 31.2. The third kappa shape index (κ3) is 22.3. The van der Waals surface area contributed by atoms with Crippen molar-refractivity contribution < 1.29 is 10.0 Å². The number of carbonyl (C=O) groups is 1. The normalized spacial score (nSPS) is 13.8. The van der Waals surface area contributed by atoms with Crippen LogP contribution in [-0.4, -0.2) is 44.1 Å². The minimum atomic E-state index is -0.352. The Morgan fingerprint density at radius 2 is 1.36 bits per heavy atom. The topological polar surface area (TPSA) is 104 Å². The summed E-state index contributed by atoms with van der Waals surface area (Å²) in [5.41, 5.74) is 3.93. The van der Waals surface area contributed by atoms with E-state index in [0.29, 0.717) is 6.42 Å². The van der Waals surface area contributed by atoms with Gasteiger partial charge >= 0.3 is 0 Å². The molecule has 8 heteroatoms. The molecular formula is C37H70N6O2. The number of hydroxylamine groups is 1. The SMILES string of the molecule is CC.CC.CC.CC.CCC(=O)NO.CCC1CCCCC1.Cc1nc2c(c(N3CCCCC3)n1)CC=C2.Cc1ncccn1. The van der Waals surface area contributed by atoms with Gasteiger partial charge in [0.15, 0.2) is 0 Å². The Hall–Kier alpha value is -2.87. The predicted octanol–water partition coefficient (Wildman–Crippen LogP) is 10.1. The molecule has 8 nitrogen and oxygen atoms in total. The summed E-state index contributed by atoms with van der Waals surface area (Å²) in [5, 5.41) is 7.74. The van der Waals surface area contributed by atoms with Gasteiger partial charge in [0, 0.05) is 37.5 Å². The van der Waals surface area contributed by atoms with Crippen molar-refractivity contribution in [2.24, 2.45) is 5.92 Å². The standard InChI is InChI=1S/C13H17N3.C8H16.C5H6N2.C3H7NO2.4C2H6/c1-10-14-12-7-5-6-11(12)13(15-10)16-8-3-2-4-9-16;1-2-8-6-4-3-5-7-8;1-5-6-3-2-4-7-5;1-2-3(5)4-6;4*1-2/h5,7H,2-4,6,8-9H2,1H3;8H,2-7H2,1H3;2-4H,1H3;6H,2H2,1H3,(H,4,5);4*1-2H3. The number of carbonyl (C=O) groups excluding carboxylic acids is 1. The molecule has 3 heterocycles. The lowest BCUT2D eigenvalue weighted by atomic mass is 9.88. The Morgan fingerprint density at radius 1 is 0.822 bits per heavy atom. The van der Waals surface area contributed by atoms with Crippen molar-refractivity contribution in [1.82, 2.24) is 25.4 Å². The summed E-state index contributed by atoms with van der Waals surface area (Å²) < 4.78 is 0. The summed E-state index contributed by atoms with van der Waals surface area (Å²) in [6.07, 6.45) is 22.0. The van der Waals surface area contributed by atoms with Gasteiger partial charge in [0.05, 0.1) is 5.69 Å². The minimum Gasteiger partial charge on any atom is -0.356 e. The molecule has 2 aromatic rings. The number of amides is 1. The fourth-order valence-electron chi connectivity index (χ4n) is 4.64. The molecule has 5 rings (SSSR count). The van der Waals surface area contributed by atoms with E-state index in [1.54, 1.807) is 25.4 Å². The van der Waals surface area contributed by atoms with Crippen molar-refractivity contribution in [2.75, 3.05) is 18.0 Å². The van der Waals surface area contributed by atoms with Crippen molar-refractivity contribution in [3.05, 3.63) is 47.4 Å². The molecule has 2 N–H and O–H groups in total. The molecule has 1 amide bonds. The summed E-state index contributed by atoms with van der Waals surface area (Å²) in [6.45, 7) is 26.1. The van der Waals surface area contributed by atoms with Crippen LogP contribution in [0.15, 0.2) is 24.5 Å². The number of fused-ring (bicyclic) bond motifs is 1. The zero-order chi connectivity index (χ0) is 34.9. The van der Waals surface area contributed by atoms with Crippen LogP contribution in [0.5, 0.6) is 0 Å². The number of anilines is 1. The lowest BCUT2D eigenvalue weighted by Crippen LogP contribution is -2.31. The maximum Gasteiger partial charge on any atom is 0.243 e. The summed E-state index contributed by atoms with van der Waals surface area (Å²) in [6, 6.07) is 1.80. The highest BCUT2D eigenvalue weighted by molar-refractivity contribution is 5.74. The first-order valence-corrected chi connectivity index (χ1v) is 17.9. The smallest absolute Gasteiger partial charge is 0.243 e. The van der Waals surface area contributed by atoms with Crippen molar-refractivity contribution in [1.29, 1.82) is 0 Å². The van der Waals surface area contributed by atoms with E-state index in [1.807, 2.05) is 69.2 Å². The van der Waals surface area contributed by atoms with Crippen molar-refractivity contribution >= 4 is 17.8 Å². The Kier molecular flexibility index (Phi) is 35.2. The van der Waals surface area contributed by atoms with Crippen molar-refractivity contribution in [3.8, 4) is 0 Å². The van der Waals surface area contributed by atoms with Crippen LogP contribution < -0.4 is 10.4 Å². The van der Waals surface area contributed by atoms with Gasteiger partial charge in [0.2, 0.25) is 5.91 Å². The van der Waals surface area contributed by atoms with Gasteiger partial charge in [-0.05, 0) is 57.6 Å². The van der Waals surface area contributed by atoms with Gasteiger partial charge in [0.1, 0.15) is 17.5 Å². The van der Waals surface area contributed by atoms with Crippen LogP contribution in [0.25, 0.3) is 6.08 Å². The molecule has 0 aromatic carbocycles. The molecule has 0 atom stereocenters. The molecule has 45 heavy (non-hydrogen) atoms. The number of hydrogen-bond acceptors (Lipinski definition) is 7. The van der Waals surface area contributed by atoms with Crippen LogP contribution in [0.1, 0.15) is 156 Å². The first kappa shape index (κ1) is 46.5. The predicted molar refractivity (Wildman–Crippen MR) is 195 cm³/mol. The van der Waals surface area contributed by atoms with E-state index in [0.717, 1.165) is 42.8 Å². The van der Waals surface area contributed by atoms with Crippen LogP contribution >= 0.6 is 0 Å². The third-order valence-electron chi connectivity index (χ3n) is 6.83. The fourth-order valence-corrected chi connectivity index (χ4v) is 4.64. The van der Waals surface area contributed by atoms with E-state index in [2.05, 4.69) is 43.9 Å². The quantitative estimate of drug-likeness (QED) is 0.257. The second-order valence-electron chi connectivity index (χ2n) is 9.71. The van der Waals surface area contributed by atoms with E-state index in [1.165, 1.54) is 74.6 Å². The van der Waals surface area contributed by atoms with Gasteiger partial charge in [-0.2, -0.15) is 0 Å². The Bertz CT molecular complexity index is 935. The van der Waals surface area contributed by atoms with Gasteiger partial charge < -0.3 is 4.90 Å². The second-order valence-corrected chi connectivity index (χ2v) is 9.71. The number of hydrogen-bond donors (Lipinski definition) is 2. The number of allylic oxidation sites excluding steroid dienone is 1. The van der Waals surface area contributed by atoms with Crippen LogP contribution in [0.4, 0.5) is 5.82 Å². The van der Waals surface area contributed by atoms with Crippen LogP contribution in [0, 0.1) is 19.8 Å². The third-order valence-corrected chi connectivity index (χ3v) is 6.83. The van der Waals surface area contributed by atoms with E-state index in [4.69, 9.17) is 5.21 Å². The van der Waals surface area contributed by atoms with Crippen LogP contribution in [0.2, 0.25) is 0 Å². The Morgan fingerprint density at radius 3 is 1.76 bits per heavy atom. The molecule has 1 saturated heterocycles. The molecule has 0 unspecified atom stereocenters. The largest absolute Gasteiger partial charge is 0.356 e. The molecule has 1 aliphatic heterocycles. The number of nitrogens with zero attached hydrogens (tertiary/aromatic N) is 5. The van der Waals surface area contributed by atoms with Crippen molar-refractivity contribution in [3.63, 3.8) is 0 Å². The summed E-state index contributed by atoms with van der Waals surface area (Å²) in [4.78, 5) is 29.1. The first-order valence-electron chi connectivity index (χ1n) is 17.9. The summed E-state index contributed by atoms with van der Waals surface area (Å²) in [7, 11) is 0. The molecule has 0 radical (unpaired) electrons. The highest BCUT2D eigenvalue weighted by Crippen LogP contribution is 2.29. The zero-order valence-corrected chi connectivity index (χ0v) is 31.2. The molecule has 0 bridgehead atoms. The average molecular weight is 631 g/mol. The summed E-state index contributed by atoms with van der Waals surface area (Å²) >= 11 is 0. The van der Waals surface area contributed by atoms with E-state index < -0.39 is 0 Å². The van der Waals surface area contributed by atoms with Crippen LogP contribution in [0.3, 0.4) is 0 Å². The number of aromatic nitrogens is 4. The average Bonchev–Trinajstić information content (AvgIpc) is 3.61. The molecule has 2 aliphatic carbocycles. The number of rotatable bonds is 3. The molecule has 3 aliphatic rings. The van der Waals surface area contributed by atoms with Gasteiger partial charge in [0.25, 0.3) is 0 Å². The fraction of sp³-hybridized carbons (Fsp3) is 0.703. The van der Waals surface area contributed by atoms with Gasteiger partial charge in [-0.15, -0.1) is 0 Å². The highest BCUT2D eigenvalue weighted by atomic mass is 16.5. The van der Waals surface area contributed by atoms with Gasteiger partial charge in [-0.3, -0.25) is 10.0 Å². The number of piperidine rings is 1. The molecule has 2 fully saturated rings. The molecule has 0 spiro atoms. The number of nitrogens with one attached hydrogen (secondary N) is 1. The maximum atomic E-state index is 9.82. The first-order chi connectivity index (χ1) is 22.0. The Balaban J connectivity index is -0.000000522. The van der Waals surface area contributed by atoms with Crippen LogP contribution in [-0.2, 0) is 11.2 Å². The Labute approximate surface area is 278 Å². The van der Waals surface area contributed by atoms with E-state index in [9.17, 15) is 4.79 Å². The summed E-state index contributed by atoms with van der Waals surface area (Å²) in [5.74, 6) is 3.64. The van der Waals surface area contributed by atoms with Gasteiger partial charge in [-0.1, -0.05) is 114 Å². The molecular weight excluding hydrogens is 560 g/mol.